The number of thiazole rings is 1. The Balaban J connectivity index is 1.13. The number of nitrogens with zero attached hydrogens (tertiary/aromatic N) is 2. The van der Waals surface area contributed by atoms with Gasteiger partial charge in [0.15, 0.2) is 10.1 Å². The van der Waals surface area contributed by atoms with Gasteiger partial charge in [0.2, 0.25) is 17.7 Å². The van der Waals surface area contributed by atoms with Gasteiger partial charge in [-0.1, -0.05) is 23.9 Å². The van der Waals surface area contributed by atoms with E-state index >= 15 is 0 Å². The lowest BCUT2D eigenvalue weighted by atomic mass is 9.85. The topological polar surface area (TPSA) is 96.4 Å². The monoisotopic (exact) mass is 503 g/mol. The predicted molar refractivity (Wildman–Crippen MR) is 136 cm³/mol. The van der Waals surface area contributed by atoms with Crippen LogP contribution in [-0.4, -0.2) is 34.2 Å². The van der Waals surface area contributed by atoms with Crippen molar-refractivity contribution < 1.29 is 19.2 Å². The molecule has 4 atom stereocenters. The molecule has 2 aliphatic carbocycles. The lowest BCUT2D eigenvalue weighted by Gasteiger charge is -2.17. The first-order valence-electron chi connectivity index (χ1n) is 11.4. The van der Waals surface area contributed by atoms with E-state index in [1.807, 2.05) is 12.1 Å². The highest BCUT2D eigenvalue weighted by Gasteiger charge is 2.59. The van der Waals surface area contributed by atoms with E-state index in [-0.39, 0.29) is 52.9 Å². The van der Waals surface area contributed by atoms with E-state index in [1.165, 1.54) is 34.9 Å². The lowest BCUT2D eigenvalue weighted by Crippen LogP contribution is -2.32. The molecule has 1 saturated heterocycles. The second kappa shape index (κ2) is 8.42. The van der Waals surface area contributed by atoms with Crippen molar-refractivity contribution in [3.05, 3.63) is 60.2 Å². The summed E-state index contributed by atoms with van der Waals surface area (Å²) in [6.07, 6.45) is 5.09. The molecule has 0 unspecified atom stereocenters. The minimum atomic E-state index is -0.224. The minimum absolute atomic E-state index is 0.0251. The summed E-state index contributed by atoms with van der Waals surface area (Å²) in [6.45, 7) is 1.50. The average Bonchev–Trinajstić information content (AvgIpc) is 3.60. The van der Waals surface area contributed by atoms with Gasteiger partial charge in [-0.15, -0.1) is 11.3 Å². The second-order valence-corrected chi connectivity index (χ2v) is 11.4. The molecule has 176 valence electrons. The van der Waals surface area contributed by atoms with Crippen LogP contribution in [0.3, 0.4) is 0 Å². The fraction of sp³-hybridized carbons (Fsp3) is 0.269. The Morgan fingerprint density at radius 1 is 1.06 bits per heavy atom. The van der Waals surface area contributed by atoms with Gasteiger partial charge < -0.3 is 5.32 Å². The Hall–Kier alpha value is -3.30. The molecule has 9 heteroatoms. The van der Waals surface area contributed by atoms with Crippen LogP contribution in [0.25, 0.3) is 10.2 Å². The third-order valence-corrected chi connectivity index (χ3v) is 9.14. The molecule has 1 aliphatic heterocycles. The predicted octanol–water partition coefficient (Wildman–Crippen LogP) is 4.54. The molecule has 3 aromatic rings. The molecule has 6 rings (SSSR count). The van der Waals surface area contributed by atoms with Crippen LogP contribution in [-0.2, 0) is 14.4 Å². The van der Waals surface area contributed by atoms with Crippen LogP contribution in [0.1, 0.15) is 23.7 Å². The molecule has 2 heterocycles. The highest BCUT2D eigenvalue weighted by molar-refractivity contribution is 8.01. The summed E-state index contributed by atoms with van der Waals surface area (Å²) < 4.78 is 1.60. The van der Waals surface area contributed by atoms with Crippen molar-refractivity contribution in [2.45, 2.75) is 17.7 Å². The van der Waals surface area contributed by atoms with Crippen LogP contribution in [0.2, 0.25) is 0 Å². The van der Waals surface area contributed by atoms with Gasteiger partial charge in [0.05, 0.1) is 33.5 Å². The number of fused-ring (bicyclic) bond motifs is 6. The van der Waals surface area contributed by atoms with E-state index in [1.54, 1.807) is 30.3 Å². The quantitative estimate of drug-likeness (QED) is 0.230. The SMILES string of the molecule is CC(=O)c1ccc(NC(=O)CSc2nc3ccc(N4C(=O)[C@@H]5[C@H](C4=O)[C@H]4C=C[C@H]5C4)cc3s2)cc1. The molecule has 1 saturated carbocycles. The van der Waals surface area contributed by atoms with Crippen molar-refractivity contribution in [2.75, 3.05) is 16.0 Å². The number of Topliss-reactive ketones (excluding diaryl/α,β-unsaturated/α-hetero) is 1. The number of aromatic nitrogens is 1. The summed E-state index contributed by atoms with van der Waals surface area (Å²) in [4.78, 5) is 55.9. The van der Waals surface area contributed by atoms with Gasteiger partial charge in [0, 0.05) is 11.3 Å². The molecule has 1 N–H and O–H groups in total. The van der Waals surface area contributed by atoms with Crippen LogP contribution in [0, 0.1) is 23.7 Å². The zero-order valence-electron chi connectivity index (χ0n) is 18.8. The first kappa shape index (κ1) is 22.2. The molecule has 1 aromatic heterocycles. The summed E-state index contributed by atoms with van der Waals surface area (Å²) in [5.74, 6) is -0.290. The molecule has 2 bridgehead atoms. The summed E-state index contributed by atoms with van der Waals surface area (Å²) in [5.41, 5.74) is 2.58. The standard InChI is InChI=1S/C26H21N3O4S2/c1-13(30)14-4-6-17(7-5-14)27-21(31)12-34-26-28-19-9-8-18(11-20(19)35-26)29-24(32)22-15-2-3-16(10-15)23(22)25(29)33/h2-9,11,15-16,22-23H,10,12H2,1H3,(H,27,31)/t15-,16-,22-,23+/m0/s1. The van der Waals surface area contributed by atoms with Gasteiger partial charge in [0.1, 0.15) is 0 Å². The second-order valence-electron chi connectivity index (χ2n) is 9.11. The molecule has 35 heavy (non-hydrogen) atoms. The van der Waals surface area contributed by atoms with Gasteiger partial charge in [-0.2, -0.15) is 0 Å². The summed E-state index contributed by atoms with van der Waals surface area (Å²) in [6, 6.07) is 12.2. The molecule has 2 aromatic carbocycles. The summed E-state index contributed by atoms with van der Waals surface area (Å²) in [5, 5.41) is 2.82. The number of carbonyl (C=O) groups is 4. The number of hydrogen-bond donors (Lipinski definition) is 1. The fourth-order valence-corrected chi connectivity index (χ4v) is 7.26. The Morgan fingerprint density at radius 3 is 2.40 bits per heavy atom. The normalized spacial score (nSPS) is 24.4. The molecular formula is C26H21N3O4S2. The highest BCUT2D eigenvalue weighted by Crippen LogP contribution is 2.53. The van der Waals surface area contributed by atoms with Crippen LogP contribution >= 0.6 is 23.1 Å². The maximum Gasteiger partial charge on any atom is 0.238 e. The number of benzene rings is 2. The van der Waals surface area contributed by atoms with Crippen molar-refractivity contribution in [3.8, 4) is 0 Å². The van der Waals surface area contributed by atoms with Gasteiger partial charge in [-0.05, 0) is 67.6 Å². The number of allylic oxidation sites excluding steroid dienone is 2. The zero-order chi connectivity index (χ0) is 24.3. The maximum absolute atomic E-state index is 13.1. The third kappa shape index (κ3) is 3.79. The van der Waals surface area contributed by atoms with Gasteiger partial charge in [0.25, 0.3) is 0 Å². The van der Waals surface area contributed by atoms with Gasteiger partial charge >= 0.3 is 0 Å². The van der Waals surface area contributed by atoms with E-state index < -0.39 is 0 Å². The average molecular weight is 504 g/mol. The first-order chi connectivity index (χ1) is 16.9. The van der Waals surface area contributed by atoms with E-state index in [4.69, 9.17) is 0 Å². The number of nitrogens with one attached hydrogen (secondary N) is 1. The van der Waals surface area contributed by atoms with Crippen LogP contribution in [0.4, 0.5) is 11.4 Å². The summed E-state index contributed by atoms with van der Waals surface area (Å²) in [7, 11) is 0. The molecular weight excluding hydrogens is 482 g/mol. The van der Waals surface area contributed by atoms with E-state index in [2.05, 4.69) is 22.5 Å². The van der Waals surface area contributed by atoms with Crippen LogP contribution in [0.5, 0.6) is 0 Å². The molecule has 2 fully saturated rings. The molecule has 3 amide bonds. The van der Waals surface area contributed by atoms with Gasteiger partial charge in [-0.3, -0.25) is 19.2 Å². The van der Waals surface area contributed by atoms with Crippen molar-refractivity contribution in [3.63, 3.8) is 0 Å². The van der Waals surface area contributed by atoms with Crippen molar-refractivity contribution in [2.24, 2.45) is 23.7 Å². The number of amides is 3. The molecule has 0 spiro atoms. The Bertz CT molecular complexity index is 1400. The van der Waals surface area contributed by atoms with E-state index in [0.29, 0.717) is 16.9 Å². The smallest absolute Gasteiger partial charge is 0.238 e. The molecule has 7 nitrogen and oxygen atoms in total. The molecule has 3 aliphatic rings. The first-order valence-corrected chi connectivity index (χ1v) is 13.2. The van der Waals surface area contributed by atoms with Crippen molar-refractivity contribution in [1.82, 2.24) is 4.98 Å². The third-order valence-electron chi connectivity index (χ3n) is 6.98. The highest BCUT2D eigenvalue weighted by atomic mass is 32.2. The number of carbonyl (C=O) groups excluding carboxylic acids is 4. The number of thioether (sulfide) groups is 1. The van der Waals surface area contributed by atoms with E-state index in [0.717, 1.165) is 21.0 Å². The summed E-state index contributed by atoms with van der Waals surface area (Å²) >= 11 is 2.76. The lowest BCUT2D eigenvalue weighted by molar-refractivity contribution is -0.123. The number of ketones is 1. The number of imide groups is 1. The minimum Gasteiger partial charge on any atom is -0.325 e. The number of rotatable bonds is 6. The Morgan fingerprint density at radius 2 is 1.74 bits per heavy atom. The Kier molecular flexibility index (Phi) is 5.34. The van der Waals surface area contributed by atoms with Crippen LogP contribution < -0.4 is 10.2 Å². The van der Waals surface area contributed by atoms with Crippen molar-refractivity contribution in [1.29, 1.82) is 0 Å². The fourth-order valence-electron chi connectivity index (χ4n) is 5.36. The largest absolute Gasteiger partial charge is 0.325 e. The number of hydrogen-bond acceptors (Lipinski definition) is 7. The Labute approximate surface area is 209 Å². The van der Waals surface area contributed by atoms with E-state index in [9.17, 15) is 19.2 Å². The van der Waals surface area contributed by atoms with Crippen molar-refractivity contribution >= 4 is 68.2 Å². The zero-order valence-corrected chi connectivity index (χ0v) is 20.4. The van der Waals surface area contributed by atoms with Crippen LogP contribution in [0.15, 0.2) is 59.0 Å². The van der Waals surface area contributed by atoms with Gasteiger partial charge in [-0.25, -0.2) is 9.88 Å². The molecule has 0 radical (unpaired) electrons. The number of anilines is 2. The maximum atomic E-state index is 13.1.